The van der Waals surface area contributed by atoms with Gasteiger partial charge >= 0.3 is 5.97 Å². The molecule has 0 aromatic carbocycles. The van der Waals surface area contributed by atoms with E-state index in [-0.39, 0.29) is 3.74 Å². The Morgan fingerprint density at radius 2 is 2.00 bits per heavy atom. The smallest absolute Gasteiger partial charge is 0.322 e. The summed E-state index contributed by atoms with van der Waals surface area (Å²) in [5.74, 6) is -1.02. The molecule has 3 N–H and O–H groups in total. The van der Waals surface area contributed by atoms with Crippen molar-refractivity contribution in [3.63, 3.8) is 0 Å². The molecule has 0 aromatic rings. The molecule has 0 aliphatic heterocycles. The van der Waals surface area contributed by atoms with Gasteiger partial charge in [-0.3, -0.25) is 4.79 Å². The van der Waals surface area contributed by atoms with Crippen LogP contribution in [0.5, 0.6) is 0 Å². The second-order valence-electron chi connectivity index (χ2n) is 1.20. The maximum atomic E-state index is 9.96. The Hall–Kier alpha value is 0.390. The van der Waals surface area contributed by atoms with Crippen molar-refractivity contribution >= 4 is 37.8 Å². The van der Waals surface area contributed by atoms with Gasteiger partial charge in [-0.25, -0.2) is 0 Å². The third-order valence-corrected chi connectivity index (χ3v) is 1.70. The average Bonchev–Trinajstić information content (AvgIpc) is 1.64. The van der Waals surface area contributed by atoms with Gasteiger partial charge in [0.2, 0.25) is 0 Å². The molecule has 1 unspecified atom stereocenters. The van der Waals surface area contributed by atoms with E-state index in [1.165, 1.54) is 0 Å². The molecule has 0 amide bonds. The van der Waals surface area contributed by atoms with Gasteiger partial charge in [0, 0.05) is 0 Å². The summed E-state index contributed by atoms with van der Waals surface area (Å²) in [7, 11) is 0. The number of hydrogen-bond donors (Lipinski definition) is 2. The molecule has 1 atom stereocenters. The van der Waals surface area contributed by atoms with Crippen molar-refractivity contribution in [2.24, 2.45) is 5.73 Å². The van der Waals surface area contributed by atoms with E-state index < -0.39 is 12.0 Å². The average molecular weight is 247 g/mol. The first-order valence-electron chi connectivity index (χ1n) is 1.82. The predicted molar refractivity (Wildman–Crippen MR) is 37.3 cm³/mol. The molecule has 48 valence electrons. The second kappa shape index (κ2) is 3.42. The standard InChI is InChI=1S/C3H5Br2NO2/c4-2(5)1(6)3(7)8/h1-2H,6H2,(H,7,8). The molecule has 5 heteroatoms. The maximum Gasteiger partial charge on any atom is 0.322 e. The number of rotatable bonds is 2. The van der Waals surface area contributed by atoms with Crippen LogP contribution in [0.1, 0.15) is 0 Å². The number of carboxylic acid groups (broad SMARTS) is 1. The van der Waals surface area contributed by atoms with Gasteiger partial charge in [0.25, 0.3) is 0 Å². The molecule has 8 heavy (non-hydrogen) atoms. The molecule has 0 saturated carbocycles. The zero-order chi connectivity index (χ0) is 6.73. The maximum absolute atomic E-state index is 9.96. The summed E-state index contributed by atoms with van der Waals surface area (Å²) >= 11 is 5.90. The Morgan fingerprint density at radius 1 is 1.62 bits per heavy atom. The fourth-order valence-corrected chi connectivity index (χ4v) is 0.560. The van der Waals surface area contributed by atoms with Gasteiger partial charge in [0.15, 0.2) is 0 Å². The van der Waals surface area contributed by atoms with Crippen LogP contribution in [0.3, 0.4) is 0 Å². The summed E-state index contributed by atoms with van der Waals surface area (Å²) in [5, 5.41) is 8.17. The van der Waals surface area contributed by atoms with Gasteiger partial charge < -0.3 is 10.8 Å². The monoisotopic (exact) mass is 245 g/mol. The van der Waals surface area contributed by atoms with E-state index in [2.05, 4.69) is 31.9 Å². The highest BCUT2D eigenvalue weighted by Crippen LogP contribution is 2.10. The Morgan fingerprint density at radius 3 is 2.00 bits per heavy atom. The molecule has 0 rings (SSSR count). The lowest BCUT2D eigenvalue weighted by molar-refractivity contribution is -0.138. The summed E-state index contributed by atoms with van der Waals surface area (Å²) < 4.78 is -0.354. The zero-order valence-electron chi connectivity index (χ0n) is 3.84. The quantitative estimate of drug-likeness (QED) is 0.699. The SMILES string of the molecule is NC(C(=O)O)C(Br)Br. The van der Waals surface area contributed by atoms with Gasteiger partial charge in [-0.05, 0) is 0 Å². The van der Waals surface area contributed by atoms with E-state index in [4.69, 9.17) is 10.8 Å². The minimum absolute atomic E-state index is 0.354. The van der Waals surface area contributed by atoms with Crippen LogP contribution in [-0.2, 0) is 4.79 Å². The fraction of sp³-hybridized carbons (Fsp3) is 0.667. The molecule has 0 aliphatic carbocycles. The highest BCUT2D eigenvalue weighted by atomic mass is 79.9. The van der Waals surface area contributed by atoms with E-state index >= 15 is 0 Å². The minimum Gasteiger partial charge on any atom is -0.480 e. The van der Waals surface area contributed by atoms with E-state index in [9.17, 15) is 4.79 Å². The van der Waals surface area contributed by atoms with Gasteiger partial charge in [-0.1, -0.05) is 31.9 Å². The van der Waals surface area contributed by atoms with Crippen molar-refractivity contribution in [2.75, 3.05) is 0 Å². The Bertz CT molecular complexity index is 95.3. The molecule has 0 bridgehead atoms. The van der Waals surface area contributed by atoms with Crippen LogP contribution in [0.2, 0.25) is 0 Å². The number of halogens is 2. The van der Waals surface area contributed by atoms with Crippen molar-refractivity contribution < 1.29 is 9.90 Å². The van der Waals surface area contributed by atoms with E-state index in [0.29, 0.717) is 0 Å². The molecule has 0 heterocycles. The highest BCUT2D eigenvalue weighted by Gasteiger charge is 2.17. The lowest BCUT2D eigenvalue weighted by atomic mass is 10.4. The third kappa shape index (κ3) is 2.64. The summed E-state index contributed by atoms with van der Waals surface area (Å²) in [6.07, 6.45) is 0. The van der Waals surface area contributed by atoms with Gasteiger partial charge in [-0.2, -0.15) is 0 Å². The van der Waals surface area contributed by atoms with Crippen LogP contribution in [0, 0.1) is 0 Å². The van der Waals surface area contributed by atoms with Gasteiger partial charge in [0.05, 0.1) is 3.74 Å². The lowest BCUT2D eigenvalue weighted by Crippen LogP contribution is -2.35. The first-order valence-corrected chi connectivity index (χ1v) is 3.65. The Labute approximate surface area is 63.5 Å². The molecular formula is C3H5Br2NO2. The molecule has 0 aliphatic rings. The molecule has 0 radical (unpaired) electrons. The van der Waals surface area contributed by atoms with E-state index in [1.54, 1.807) is 0 Å². The molecule has 0 aromatic heterocycles. The highest BCUT2D eigenvalue weighted by molar-refractivity contribution is 9.24. The largest absolute Gasteiger partial charge is 0.480 e. The summed E-state index contributed by atoms with van der Waals surface area (Å²) in [5.41, 5.74) is 5.07. The number of aliphatic carboxylic acids is 1. The minimum atomic E-state index is -1.02. The van der Waals surface area contributed by atoms with Crippen LogP contribution >= 0.6 is 31.9 Å². The number of alkyl halides is 2. The number of carbonyl (C=O) groups is 1. The van der Waals surface area contributed by atoms with Crippen molar-refractivity contribution in [1.82, 2.24) is 0 Å². The van der Waals surface area contributed by atoms with Crippen LogP contribution < -0.4 is 5.73 Å². The third-order valence-electron chi connectivity index (χ3n) is 0.557. The molecule has 0 spiro atoms. The van der Waals surface area contributed by atoms with Crippen molar-refractivity contribution in [1.29, 1.82) is 0 Å². The number of hydrogen-bond acceptors (Lipinski definition) is 2. The zero-order valence-corrected chi connectivity index (χ0v) is 7.02. The lowest BCUT2D eigenvalue weighted by Gasteiger charge is -2.04. The van der Waals surface area contributed by atoms with Crippen molar-refractivity contribution in [3.8, 4) is 0 Å². The van der Waals surface area contributed by atoms with Crippen molar-refractivity contribution in [2.45, 2.75) is 9.78 Å². The number of carboxylic acids is 1. The number of nitrogens with two attached hydrogens (primary N) is 1. The van der Waals surface area contributed by atoms with E-state index in [0.717, 1.165) is 0 Å². The van der Waals surface area contributed by atoms with Crippen LogP contribution in [-0.4, -0.2) is 20.9 Å². The topological polar surface area (TPSA) is 63.3 Å². The summed E-state index contributed by atoms with van der Waals surface area (Å²) in [6.45, 7) is 0. The molecule has 0 saturated heterocycles. The summed E-state index contributed by atoms with van der Waals surface area (Å²) in [4.78, 5) is 9.96. The summed E-state index contributed by atoms with van der Waals surface area (Å²) in [6, 6.07) is -0.880. The van der Waals surface area contributed by atoms with Gasteiger partial charge in [0.1, 0.15) is 6.04 Å². The predicted octanol–water partition coefficient (Wildman–Crippen LogP) is 0.514. The molecular weight excluding hydrogens is 242 g/mol. The Balaban J connectivity index is 3.64. The fourth-order valence-electron chi connectivity index (χ4n) is 0.108. The Kier molecular flexibility index (Phi) is 3.59. The van der Waals surface area contributed by atoms with Crippen LogP contribution in [0.15, 0.2) is 0 Å². The van der Waals surface area contributed by atoms with Crippen LogP contribution in [0.4, 0.5) is 0 Å². The first-order chi connectivity index (χ1) is 3.55. The molecule has 3 nitrogen and oxygen atoms in total. The normalized spacial score (nSPS) is 14.0. The van der Waals surface area contributed by atoms with Crippen LogP contribution in [0.25, 0.3) is 0 Å². The van der Waals surface area contributed by atoms with Gasteiger partial charge in [-0.15, -0.1) is 0 Å². The van der Waals surface area contributed by atoms with Crippen molar-refractivity contribution in [3.05, 3.63) is 0 Å². The molecule has 0 fully saturated rings. The van der Waals surface area contributed by atoms with E-state index in [1.807, 2.05) is 0 Å². The first kappa shape index (κ1) is 8.39. The second-order valence-corrected chi connectivity index (χ2v) is 4.40.